The summed E-state index contributed by atoms with van der Waals surface area (Å²) in [5.41, 5.74) is 0.275. The molecule has 1 fully saturated rings. The van der Waals surface area contributed by atoms with E-state index < -0.39 is 5.60 Å². The Bertz CT molecular complexity index is 501. The molecule has 130 valence electrons. The van der Waals surface area contributed by atoms with Gasteiger partial charge in [-0.1, -0.05) is 26.7 Å². The molecule has 0 unspecified atom stereocenters. The van der Waals surface area contributed by atoms with E-state index in [1.807, 2.05) is 11.8 Å². The lowest BCUT2D eigenvalue weighted by atomic mass is 9.88. The molecule has 1 aliphatic heterocycles. The Balaban J connectivity index is 1.87. The number of hydrogen-bond donors (Lipinski definition) is 1. The quantitative estimate of drug-likeness (QED) is 0.821. The van der Waals surface area contributed by atoms with Crippen molar-refractivity contribution in [3.05, 3.63) is 16.1 Å². The van der Waals surface area contributed by atoms with E-state index in [2.05, 4.69) is 24.2 Å². The van der Waals surface area contributed by atoms with Crippen LogP contribution < -0.4 is 0 Å². The topological polar surface area (TPSA) is 53.4 Å². The zero-order valence-electron chi connectivity index (χ0n) is 14.7. The van der Waals surface area contributed by atoms with Crippen molar-refractivity contribution in [1.82, 2.24) is 9.88 Å². The molecule has 1 N–H and O–H groups in total. The van der Waals surface area contributed by atoms with Crippen LogP contribution in [-0.2, 0) is 4.79 Å². The molecule has 0 radical (unpaired) electrons. The monoisotopic (exact) mass is 338 g/mol. The summed E-state index contributed by atoms with van der Waals surface area (Å²) in [5, 5.41) is 14.0. The molecule has 5 heteroatoms. The van der Waals surface area contributed by atoms with Crippen LogP contribution in [0.3, 0.4) is 0 Å². The first-order valence-corrected chi connectivity index (χ1v) is 9.77. The lowest BCUT2D eigenvalue weighted by Gasteiger charge is -2.34. The minimum atomic E-state index is -0.816. The molecule has 0 atom stereocenters. The predicted octanol–water partition coefficient (Wildman–Crippen LogP) is 3.88. The molecule has 1 saturated heterocycles. The lowest BCUT2D eigenvalue weighted by Crippen LogP contribution is -2.42. The van der Waals surface area contributed by atoms with Gasteiger partial charge in [0.1, 0.15) is 0 Å². The molecular weight excluding hydrogens is 308 g/mol. The van der Waals surface area contributed by atoms with Gasteiger partial charge in [0, 0.05) is 30.1 Å². The molecule has 23 heavy (non-hydrogen) atoms. The molecule has 1 aromatic rings. The summed E-state index contributed by atoms with van der Waals surface area (Å²) in [6, 6.07) is 0. The van der Waals surface area contributed by atoms with Gasteiger partial charge in [-0.15, -0.1) is 11.3 Å². The average molecular weight is 339 g/mol. The second-order valence-corrected chi connectivity index (χ2v) is 7.77. The highest BCUT2D eigenvalue weighted by atomic mass is 32.1. The first-order chi connectivity index (χ1) is 11.0. The van der Waals surface area contributed by atoms with Crippen LogP contribution >= 0.6 is 11.3 Å². The number of nitrogens with zero attached hydrogens (tertiary/aromatic N) is 2. The number of carbonyl (C=O) groups excluding carboxylic acids is 1. The maximum atomic E-state index is 12.6. The molecule has 1 aromatic heterocycles. The van der Waals surface area contributed by atoms with Crippen molar-refractivity contribution in [1.29, 1.82) is 0 Å². The highest BCUT2D eigenvalue weighted by Gasteiger charge is 2.32. The van der Waals surface area contributed by atoms with E-state index in [9.17, 15) is 9.90 Å². The van der Waals surface area contributed by atoms with Crippen LogP contribution in [0.1, 0.15) is 75.4 Å². The molecular formula is C18H30N2O2S. The smallest absolute Gasteiger partial charge is 0.225 e. The molecule has 2 heterocycles. The maximum Gasteiger partial charge on any atom is 0.225 e. The molecule has 2 rings (SSSR count). The summed E-state index contributed by atoms with van der Waals surface area (Å²) in [6.45, 7) is 7.73. The van der Waals surface area contributed by atoms with E-state index in [1.165, 1.54) is 5.01 Å². The van der Waals surface area contributed by atoms with Gasteiger partial charge in [-0.05, 0) is 32.6 Å². The van der Waals surface area contributed by atoms with E-state index in [0.717, 1.165) is 44.5 Å². The average Bonchev–Trinajstić information content (AvgIpc) is 2.94. The fourth-order valence-electron chi connectivity index (χ4n) is 3.56. The van der Waals surface area contributed by atoms with E-state index >= 15 is 0 Å². The molecule has 0 aliphatic carbocycles. The standard InChI is InChI=1S/C18H30N2O2S/c1-4-8-18(22,9-5-2)12-16(21)20-10-6-15(7-11-20)17-19-14(3)13-23-17/h13,15,22H,4-12H2,1-3H3. The molecule has 4 nitrogen and oxygen atoms in total. The van der Waals surface area contributed by atoms with Gasteiger partial charge in [-0.3, -0.25) is 4.79 Å². The minimum Gasteiger partial charge on any atom is -0.389 e. The van der Waals surface area contributed by atoms with E-state index in [0.29, 0.717) is 18.8 Å². The normalized spacial score (nSPS) is 16.8. The highest BCUT2D eigenvalue weighted by molar-refractivity contribution is 7.09. The van der Waals surface area contributed by atoms with Crippen LogP contribution in [0.25, 0.3) is 0 Å². The van der Waals surface area contributed by atoms with Crippen LogP contribution in [0, 0.1) is 6.92 Å². The molecule has 1 amide bonds. The third-order valence-corrected chi connectivity index (χ3v) is 5.87. The lowest BCUT2D eigenvalue weighted by molar-refractivity contribution is -0.138. The summed E-state index contributed by atoms with van der Waals surface area (Å²) >= 11 is 1.73. The van der Waals surface area contributed by atoms with Crippen molar-refractivity contribution in [2.24, 2.45) is 0 Å². The molecule has 0 spiro atoms. The zero-order chi connectivity index (χ0) is 16.9. The fourth-order valence-corrected chi connectivity index (χ4v) is 4.53. The number of aryl methyl sites for hydroxylation is 1. The number of hydrogen-bond acceptors (Lipinski definition) is 4. The fraction of sp³-hybridized carbons (Fsp3) is 0.778. The number of aromatic nitrogens is 1. The number of thiazole rings is 1. The van der Waals surface area contributed by atoms with E-state index in [4.69, 9.17) is 0 Å². The van der Waals surface area contributed by atoms with Crippen LogP contribution in [0.4, 0.5) is 0 Å². The van der Waals surface area contributed by atoms with Gasteiger partial charge in [0.2, 0.25) is 5.91 Å². The Morgan fingerprint density at radius 1 is 1.35 bits per heavy atom. The van der Waals surface area contributed by atoms with Crippen molar-refractivity contribution in [2.75, 3.05) is 13.1 Å². The van der Waals surface area contributed by atoms with Crippen LogP contribution in [0.2, 0.25) is 0 Å². The number of aliphatic hydroxyl groups is 1. The molecule has 0 saturated carbocycles. The molecule has 1 aliphatic rings. The summed E-state index contributed by atoms with van der Waals surface area (Å²) in [6.07, 6.45) is 5.49. The van der Waals surface area contributed by atoms with Crippen LogP contribution in [0.15, 0.2) is 5.38 Å². The second-order valence-electron chi connectivity index (χ2n) is 6.88. The molecule has 0 aromatic carbocycles. The third kappa shape index (κ3) is 5.01. The number of likely N-dealkylation sites (tertiary alicyclic amines) is 1. The van der Waals surface area contributed by atoms with E-state index in [1.54, 1.807) is 11.3 Å². The summed E-state index contributed by atoms with van der Waals surface area (Å²) in [5.74, 6) is 0.603. The minimum absolute atomic E-state index is 0.114. The van der Waals surface area contributed by atoms with Crippen molar-refractivity contribution in [3.8, 4) is 0 Å². The predicted molar refractivity (Wildman–Crippen MR) is 94.8 cm³/mol. The van der Waals surface area contributed by atoms with Gasteiger partial charge in [0.15, 0.2) is 0 Å². The number of piperidine rings is 1. The summed E-state index contributed by atoms with van der Waals surface area (Å²) in [4.78, 5) is 19.1. The van der Waals surface area contributed by atoms with E-state index in [-0.39, 0.29) is 12.3 Å². The zero-order valence-corrected chi connectivity index (χ0v) is 15.5. The van der Waals surface area contributed by atoms with Crippen molar-refractivity contribution in [3.63, 3.8) is 0 Å². The molecule has 0 bridgehead atoms. The van der Waals surface area contributed by atoms with Crippen LogP contribution in [-0.4, -0.2) is 39.6 Å². The van der Waals surface area contributed by atoms with Gasteiger partial charge in [-0.2, -0.15) is 0 Å². The Morgan fingerprint density at radius 2 is 1.96 bits per heavy atom. The Hall–Kier alpha value is -0.940. The van der Waals surface area contributed by atoms with Gasteiger partial charge in [0.25, 0.3) is 0 Å². The van der Waals surface area contributed by atoms with Gasteiger partial charge >= 0.3 is 0 Å². The van der Waals surface area contributed by atoms with Crippen LogP contribution in [0.5, 0.6) is 0 Å². The Morgan fingerprint density at radius 3 is 2.43 bits per heavy atom. The van der Waals surface area contributed by atoms with Crippen molar-refractivity contribution in [2.45, 2.75) is 77.2 Å². The summed E-state index contributed by atoms with van der Waals surface area (Å²) in [7, 11) is 0. The largest absolute Gasteiger partial charge is 0.389 e. The van der Waals surface area contributed by atoms with Crippen molar-refractivity contribution < 1.29 is 9.90 Å². The maximum absolute atomic E-state index is 12.6. The van der Waals surface area contributed by atoms with Gasteiger partial charge < -0.3 is 10.0 Å². The van der Waals surface area contributed by atoms with Crippen molar-refractivity contribution >= 4 is 17.2 Å². The number of carbonyl (C=O) groups is 1. The highest BCUT2D eigenvalue weighted by Crippen LogP contribution is 2.31. The first-order valence-electron chi connectivity index (χ1n) is 8.89. The number of rotatable bonds is 7. The Kier molecular flexibility index (Phi) is 6.60. The third-order valence-electron chi connectivity index (χ3n) is 4.74. The summed E-state index contributed by atoms with van der Waals surface area (Å²) < 4.78 is 0. The number of amides is 1. The Labute approximate surface area is 143 Å². The SMILES string of the molecule is CCCC(O)(CCC)CC(=O)N1CCC(c2nc(C)cs2)CC1. The van der Waals surface area contributed by atoms with Gasteiger partial charge in [-0.25, -0.2) is 4.98 Å². The first kappa shape index (κ1) is 18.4. The van der Waals surface area contributed by atoms with Gasteiger partial charge in [0.05, 0.1) is 17.0 Å². The second kappa shape index (κ2) is 8.25.